The first-order valence-corrected chi connectivity index (χ1v) is 8.28. The minimum atomic E-state index is -0.973. The van der Waals surface area contributed by atoms with E-state index in [1.165, 1.54) is 0 Å². The van der Waals surface area contributed by atoms with Crippen molar-refractivity contribution in [3.05, 3.63) is 60.2 Å². The molecule has 0 spiro atoms. The van der Waals surface area contributed by atoms with Gasteiger partial charge in [0.15, 0.2) is 18.1 Å². The van der Waals surface area contributed by atoms with Crippen LogP contribution >= 0.6 is 0 Å². The molecule has 0 bridgehead atoms. The highest BCUT2D eigenvalue weighted by Crippen LogP contribution is 2.31. The summed E-state index contributed by atoms with van der Waals surface area (Å²) in [6.07, 6.45) is -0.973. The Morgan fingerprint density at radius 1 is 1.00 bits per heavy atom. The van der Waals surface area contributed by atoms with Crippen molar-refractivity contribution in [1.29, 1.82) is 0 Å². The van der Waals surface area contributed by atoms with Gasteiger partial charge in [0, 0.05) is 6.54 Å². The van der Waals surface area contributed by atoms with Gasteiger partial charge >= 0.3 is 12.0 Å². The standard InChI is InChI=1S/C19H18N2O6/c22-17(21-19(24)20-10-13-6-2-1-3-7-13)12-26-18(23)16-11-25-14-8-4-5-9-15(14)27-16/h1-9,16H,10-12H2,(H2,20,21,22,24)/t16-/m0/s1. The van der Waals surface area contributed by atoms with Crippen molar-refractivity contribution in [2.75, 3.05) is 13.2 Å². The number of amides is 3. The number of benzene rings is 2. The Labute approximate surface area is 155 Å². The van der Waals surface area contributed by atoms with Gasteiger partial charge in [-0.25, -0.2) is 9.59 Å². The number of carbonyl (C=O) groups excluding carboxylic acids is 3. The van der Waals surface area contributed by atoms with Gasteiger partial charge in [-0.15, -0.1) is 0 Å². The number of hydrogen-bond donors (Lipinski definition) is 2. The van der Waals surface area contributed by atoms with Crippen LogP contribution in [0.3, 0.4) is 0 Å². The monoisotopic (exact) mass is 370 g/mol. The summed E-state index contributed by atoms with van der Waals surface area (Å²) >= 11 is 0. The first-order chi connectivity index (χ1) is 13.1. The van der Waals surface area contributed by atoms with Gasteiger partial charge in [-0.1, -0.05) is 42.5 Å². The van der Waals surface area contributed by atoms with E-state index in [1.54, 1.807) is 24.3 Å². The lowest BCUT2D eigenvalue weighted by Crippen LogP contribution is -2.43. The second-order valence-electron chi connectivity index (χ2n) is 5.69. The van der Waals surface area contributed by atoms with Crippen molar-refractivity contribution in [3.63, 3.8) is 0 Å². The van der Waals surface area contributed by atoms with Crippen LogP contribution in [0.4, 0.5) is 4.79 Å². The number of esters is 1. The number of rotatable bonds is 5. The maximum atomic E-state index is 12.0. The highest BCUT2D eigenvalue weighted by molar-refractivity contribution is 5.95. The average Bonchev–Trinajstić information content (AvgIpc) is 2.71. The van der Waals surface area contributed by atoms with Gasteiger partial charge in [-0.2, -0.15) is 0 Å². The van der Waals surface area contributed by atoms with Gasteiger partial charge in [-0.05, 0) is 17.7 Å². The minimum Gasteiger partial charge on any atom is -0.485 e. The number of hydrogen-bond acceptors (Lipinski definition) is 6. The van der Waals surface area contributed by atoms with Crippen LogP contribution in [0.1, 0.15) is 5.56 Å². The number of urea groups is 1. The molecular weight excluding hydrogens is 352 g/mol. The Bertz CT molecular complexity index is 824. The Kier molecular flexibility index (Phi) is 5.88. The Morgan fingerprint density at radius 2 is 1.70 bits per heavy atom. The molecule has 1 heterocycles. The van der Waals surface area contributed by atoms with Crippen LogP contribution in [0.25, 0.3) is 0 Å². The molecular formula is C19H18N2O6. The number of nitrogens with one attached hydrogen (secondary N) is 2. The van der Waals surface area contributed by atoms with Crippen LogP contribution in [-0.4, -0.2) is 37.2 Å². The van der Waals surface area contributed by atoms with Gasteiger partial charge in [0.25, 0.3) is 5.91 Å². The first kappa shape index (κ1) is 18.2. The zero-order valence-electron chi connectivity index (χ0n) is 14.3. The van der Waals surface area contributed by atoms with E-state index in [4.69, 9.17) is 14.2 Å². The summed E-state index contributed by atoms with van der Waals surface area (Å²) in [5.41, 5.74) is 0.890. The fourth-order valence-electron chi connectivity index (χ4n) is 2.35. The molecule has 140 valence electrons. The smallest absolute Gasteiger partial charge is 0.351 e. The van der Waals surface area contributed by atoms with Crippen molar-refractivity contribution in [3.8, 4) is 11.5 Å². The van der Waals surface area contributed by atoms with Crippen molar-refractivity contribution < 1.29 is 28.6 Å². The molecule has 2 aromatic rings. The van der Waals surface area contributed by atoms with Gasteiger partial charge in [-0.3, -0.25) is 10.1 Å². The molecule has 0 saturated heterocycles. The largest absolute Gasteiger partial charge is 0.485 e. The van der Waals surface area contributed by atoms with Gasteiger partial charge in [0.2, 0.25) is 6.10 Å². The van der Waals surface area contributed by atoms with E-state index < -0.39 is 30.6 Å². The zero-order valence-corrected chi connectivity index (χ0v) is 14.3. The second kappa shape index (κ2) is 8.70. The van der Waals surface area contributed by atoms with E-state index in [-0.39, 0.29) is 13.2 Å². The predicted molar refractivity (Wildman–Crippen MR) is 94.1 cm³/mol. The molecule has 27 heavy (non-hydrogen) atoms. The molecule has 2 N–H and O–H groups in total. The van der Waals surface area contributed by atoms with Crippen molar-refractivity contribution in [2.45, 2.75) is 12.6 Å². The summed E-state index contributed by atoms with van der Waals surface area (Å²) in [7, 11) is 0. The summed E-state index contributed by atoms with van der Waals surface area (Å²) in [6.45, 7) is -0.347. The highest BCUT2D eigenvalue weighted by atomic mass is 16.6. The van der Waals surface area contributed by atoms with Gasteiger partial charge in [0.1, 0.15) is 6.61 Å². The van der Waals surface area contributed by atoms with Gasteiger partial charge in [0.05, 0.1) is 0 Å². The molecule has 0 fully saturated rings. The van der Waals surface area contributed by atoms with Crippen LogP contribution in [0.5, 0.6) is 11.5 Å². The molecule has 0 aliphatic carbocycles. The molecule has 1 aliphatic rings. The molecule has 3 rings (SSSR count). The summed E-state index contributed by atoms with van der Waals surface area (Å²) in [4.78, 5) is 35.4. The van der Waals surface area contributed by atoms with Crippen LogP contribution in [0, 0.1) is 0 Å². The first-order valence-electron chi connectivity index (χ1n) is 8.28. The lowest BCUT2D eigenvalue weighted by Gasteiger charge is -2.24. The van der Waals surface area contributed by atoms with Crippen molar-refractivity contribution >= 4 is 17.9 Å². The lowest BCUT2D eigenvalue weighted by molar-refractivity contribution is -0.157. The lowest BCUT2D eigenvalue weighted by atomic mass is 10.2. The maximum Gasteiger partial charge on any atom is 0.351 e. The molecule has 3 amide bonds. The third-order valence-corrected chi connectivity index (χ3v) is 3.67. The van der Waals surface area contributed by atoms with Gasteiger partial charge < -0.3 is 19.5 Å². The van der Waals surface area contributed by atoms with Crippen LogP contribution in [-0.2, 0) is 20.9 Å². The van der Waals surface area contributed by atoms with E-state index in [2.05, 4.69) is 10.6 Å². The predicted octanol–water partition coefficient (Wildman–Crippen LogP) is 1.40. The molecule has 1 aliphatic heterocycles. The van der Waals surface area contributed by atoms with E-state index in [1.807, 2.05) is 30.3 Å². The fraction of sp³-hybridized carbons (Fsp3) is 0.211. The molecule has 2 aromatic carbocycles. The van der Waals surface area contributed by atoms with E-state index >= 15 is 0 Å². The molecule has 0 radical (unpaired) electrons. The third kappa shape index (κ3) is 5.21. The van der Waals surface area contributed by atoms with Crippen LogP contribution < -0.4 is 20.1 Å². The Morgan fingerprint density at radius 3 is 2.48 bits per heavy atom. The van der Waals surface area contributed by atoms with Crippen LogP contribution in [0.2, 0.25) is 0 Å². The Balaban J connectivity index is 1.38. The van der Waals surface area contributed by atoms with Crippen molar-refractivity contribution in [1.82, 2.24) is 10.6 Å². The van der Waals surface area contributed by atoms with Crippen molar-refractivity contribution in [2.24, 2.45) is 0 Å². The summed E-state index contributed by atoms with van der Waals surface area (Å²) in [6, 6.07) is 15.5. The minimum absolute atomic E-state index is 0.0188. The molecule has 0 aromatic heterocycles. The summed E-state index contributed by atoms with van der Waals surface area (Å²) in [5.74, 6) is -0.528. The maximum absolute atomic E-state index is 12.0. The van der Waals surface area contributed by atoms with E-state index in [0.717, 1.165) is 5.56 Å². The topological polar surface area (TPSA) is 103 Å². The summed E-state index contributed by atoms with van der Waals surface area (Å²) < 4.78 is 15.8. The molecule has 0 unspecified atom stereocenters. The fourth-order valence-corrected chi connectivity index (χ4v) is 2.35. The zero-order chi connectivity index (χ0) is 19.1. The number of imide groups is 1. The SMILES string of the molecule is O=C(COC(=O)[C@@H]1COc2ccccc2O1)NC(=O)NCc1ccccc1. The Hall–Kier alpha value is -3.55. The van der Waals surface area contributed by atoms with Crippen LogP contribution in [0.15, 0.2) is 54.6 Å². The van der Waals surface area contributed by atoms with E-state index in [9.17, 15) is 14.4 Å². The normalized spacial score (nSPS) is 14.7. The molecule has 1 atom stereocenters. The number of carbonyl (C=O) groups is 3. The number of ether oxygens (including phenoxy) is 3. The molecule has 8 heteroatoms. The number of para-hydroxylation sites is 2. The summed E-state index contributed by atoms with van der Waals surface area (Å²) in [5, 5.41) is 4.62. The average molecular weight is 370 g/mol. The molecule has 8 nitrogen and oxygen atoms in total. The van der Waals surface area contributed by atoms with E-state index in [0.29, 0.717) is 11.5 Å². The molecule has 0 saturated carbocycles. The highest BCUT2D eigenvalue weighted by Gasteiger charge is 2.29. The second-order valence-corrected chi connectivity index (χ2v) is 5.69. The third-order valence-electron chi connectivity index (χ3n) is 3.67. The quantitative estimate of drug-likeness (QED) is 0.771. The number of fused-ring (bicyclic) bond motifs is 1.